The normalized spacial score (nSPS) is 31.9. The first kappa shape index (κ1) is 35.4. The van der Waals surface area contributed by atoms with Crippen LogP contribution in [0.2, 0.25) is 0 Å². The molecule has 0 radical (unpaired) electrons. The highest BCUT2D eigenvalue weighted by molar-refractivity contribution is 5.79. The molecule has 0 bridgehead atoms. The maximum Gasteiger partial charge on any atom is 0.224 e. The van der Waals surface area contributed by atoms with Gasteiger partial charge in [0.05, 0.1) is 6.04 Å². The molecule has 5 fully saturated rings. The van der Waals surface area contributed by atoms with Crippen molar-refractivity contribution in [3.05, 3.63) is 138 Å². The van der Waals surface area contributed by atoms with E-state index in [9.17, 15) is 4.79 Å². The van der Waals surface area contributed by atoms with E-state index in [0.717, 1.165) is 63.8 Å². The number of hydrogen-bond acceptors (Lipinski definition) is 5. The molecule has 2 aromatic rings. The van der Waals surface area contributed by atoms with Crippen molar-refractivity contribution < 1.29 is 4.79 Å². The van der Waals surface area contributed by atoms with Crippen molar-refractivity contribution in [1.29, 1.82) is 0 Å². The number of rotatable bonds is 7. The zero-order valence-corrected chi connectivity index (χ0v) is 32.3. The van der Waals surface area contributed by atoms with Crippen LogP contribution in [0.25, 0.3) is 0 Å². The predicted molar refractivity (Wildman–Crippen MR) is 221 cm³/mol. The third-order valence-electron chi connectivity index (χ3n) is 14.2. The molecule has 6 nitrogen and oxygen atoms in total. The number of benzene rings is 2. The Morgan fingerprint density at radius 2 is 1.54 bits per heavy atom. The SMILES string of the molecule is C=C1NC(=O)CCC1N1CC2C=C(N3CCN(CC4CCN(c5ccc(C6C(c7ccccc7)CCC7C=C(C)C=CC76)cc5)CC4)CC3)C=CC2C1=C. The number of amides is 1. The summed E-state index contributed by atoms with van der Waals surface area (Å²) < 4.78 is 0. The van der Waals surface area contributed by atoms with Gasteiger partial charge < -0.3 is 20.0 Å². The molecule has 7 aliphatic rings. The van der Waals surface area contributed by atoms with Crippen molar-refractivity contribution in [3.8, 4) is 0 Å². The van der Waals surface area contributed by atoms with Gasteiger partial charge in [-0.25, -0.2) is 0 Å². The molecule has 6 heteroatoms. The van der Waals surface area contributed by atoms with Gasteiger partial charge in [-0.1, -0.05) is 91.6 Å². The molecular formula is C48H59N5O. The number of carbonyl (C=O) groups is 1. The fourth-order valence-corrected chi connectivity index (χ4v) is 11.2. The predicted octanol–water partition coefficient (Wildman–Crippen LogP) is 8.24. The van der Waals surface area contributed by atoms with Crippen LogP contribution >= 0.6 is 0 Å². The van der Waals surface area contributed by atoms with Gasteiger partial charge in [-0.2, -0.15) is 0 Å². The van der Waals surface area contributed by atoms with Crippen LogP contribution in [0.15, 0.2) is 127 Å². The van der Waals surface area contributed by atoms with Crippen molar-refractivity contribution in [1.82, 2.24) is 20.0 Å². The van der Waals surface area contributed by atoms with Crippen LogP contribution in [0.5, 0.6) is 0 Å². The van der Waals surface area contributed by atoms with Gasteiger partial charge in [0.15, 0.2) is 0 Å². The van der Waals surface area contributed by atoms with Gasteiger partial charge in [0.1, 0.15) is 0 Å². The Morgan fingerprint density at radius 1 is 0.759 bits per heavy atom. The Bertz CT molecular complexity index is 1840. The Balaban J connectivity index is 0.765. The van der Waals surface area contributed by atoms with Crippen molar-refractivity contribution >= 4 is 11.6 Å². The molecule has 1 saturated carbocycles. The maximum atomic E-state index is 11.9. The summed E-state index contributed by atoms with van der Waals surface area (Å²) in [6.07, 6.45) is 21.1. The van der Waals surface area contributed by atoms with Crippen LogP contribution in [0.3, 0.4) is 0 Å². The largest absolute Gasteiger partial charge is 0.372 e. The Kier molecular flexibility index (Phi) is 9.90. The number of allylic oxidation sites excluding steroid dienone is 6. The van der Waals surface area contributed by atoms with Gasteiger partial charge in [-0.3, -0.25) is 9.69 Å². The zero-order chi connectivity index (χ0) is 36.8. The van der Waals surface area contributed by atoms with Gasteiger partial charge >= 0.3 is 0 Å². The first-order chi connectivity index (χ1) is 26.4. The van der Waals surface area contributed by atoms with E-state index in [1.165, 1.54) is 66.0 Å². The van der Waals surface area contributed by atoms with Gasteiger partial charge in [-0.05, 0) is 98.0 Å². The fraction of sp³-hybridized carbons (Fsp3) is 0.479. The Morgan fingerprint density at radius 3 is 2.30 bits per heavy atom. The molecule has 0 spiro atoms. The minimum Gasteiger partial charge on any atom is -0.372 e. The number of fused-ring (bicyclic) bond motifs is 2. The maximum absolute atomic E-state index is 11.9. The highest BCUT2D eigenvalue weighted by Gasteiger charge is 2.42. The summed E-state index contributed by atoms with van der Waals surface area (Å²) in [6.45, 7) is 19.9. The van der Waals surface area contributed by atoms with Crippen LogP contribution in [-0.4, -0.2) is 79.0 Å². The van der Waals surface area contributed by atoms with Crippen molar-refractivity contribution in [2.45, 2.75) is 63.3 Å². The zero-order valence-electron chi connectivity index (χ0n) is 32.3. The molecule has 4 heterocycles. The first-order valence-electron chi connectivity index (χ1n) is 21.0. The Hall–Kier alpha value is -4.29. The molecule has 9 rings (SSSR count). The lowest BCUT2D eigenvalue weighted by molar-refractivity contribution is -0.121. The second kappa shape index (κ2) is 15.1. The average molecular weight is 722 g/mol. The van der Waals surface area contributed by atoms with Crippen LogP contribution in [0.4, 0.5) is 5.69 Å². The van der Waals surface area contributed by atoms with Crippen LogP contribution in [-0.2, 0) is 4.79 Å². The quantitative estimate of drug-likeness (QED) is 0.312. The molecule has 7 atom stereocenters. The molecule has 1 N–H and O–H groups in total. The summed E-state index contributed by atoms with van der Waals surface area (Å²) in [5.74, 6) is 3.93. The number of piperidine rings is 2. The van der Waals surface area contributed by atoms with E-state index in [2.05, 4.69) is 136 Å². The van der Waals surface area contributed by atoms with Gasteiger partial charge in [0, 0.05) is 93.4 Å². The van der Waals surface area contributed by atoms with Crippen molar-refractivity contribution in [2.24, 2.45) is 29.6 Å². The smallest absolute Gasteiger partial charge is 0.224 e. The number of likely N-dealkylation sites (tertiary alicyclic amines) is 1. The molecule has 1 amide bonds. The number of carbonyl (C=O) groups excluding carboxylic acids is 1. The van der Waals surface area contributed by atoms with E-state index in [-0.39, 0.29) is 11.9 Å². The highest BCUT2D eigenvalue weighted by atomic mass is 16.1. The second-order valence-corrected chi connectivity index (χ2v) is 17.4. The lowest BCUT2D eigenvalue weighted by atomic mass is 9.61. The molecule has 282 valence electrons. The number of hydrogen-bond donors (Lipinski definition) is 1. The molecule has 4 saturated heterocycles. The minimum absolute atomic E-state index is 0.0848. The van der Waals surface area contributed by atoms with Gasteiger partial charge in [-0.15, -0.1) is 0 Å². The number of anilines is 1. The molecule has 7 unspecified atom stereocenters. The molecule has 4 aliphatic heterocycles. The molecule has 54 heavy (non-hydrogen) atoms. The summed E-state index contributed by atoms with van der Waals surface area (Å²) >= 11 is 0. The lowest BCUT2D eigenvalue weighted by Gasteiger charge is -2.43. The van der Waals surface area contributed by atoms with E-state index in [0.29, 0.717) is 41.9 Å². The lowest BCUT2D eigenvalue weighted by Crippen LogP contribution is -2.48. The van der Waals surface area contributed by atoms with Crippen LogP contribution < -0.4 is 10.2 Å². The molecule has 0 aromatic heterocycles. The second-order valence-electron chi connectivity index (χ2n) is 17.4. The van der Waals surface area contributed by atoms with E-state index in [4.69, 9.17) is 0 Å². The van der Waals surface area contributed by atoms with Crippen molar-refractivity contribution in [2.75, 3.05) is 57.3 Å². The van der Waals surface area contributed by atoms with Gasteiger partial charge in [0.2, 0.25) is 5.91 Å². The number of nitrogens with zero attached hydrogens (tertiary/aromatic N) is 4. The summed E-state index contributed by atoms with van der Waals surface area (Å²) in [6, 6.07) is 21.2. The summed E-state index contributed by atoms with van der Waals surface area (Å²) in [4.78, 5) is 22.2. The molecule has 2 aromatic carbocycles. The standard InChI is InChI=1S/C48H59N5O/c1-33-9-16-45-39(29-33)12-17-44(37-7-5-4-6-8-37)48(45)38-10-13-41(14-11-38)51-23-21-36(22-24-51)31-50-25-27-52(28-26-50)42-15-18-43-35(3)53(32-40(43)30-42)46-19-20-47(54)49-34(46)2/h4-11,13-16,18,29-30,36,39-40,43-46,48H,2-3,12,17,19-28,31-32H2,1H3,(H,49,54). The average Bonchev–Trinajstić information content (AvgIpc) is 3.53. The fourth-order valence-electron chi connectivity index (χ4n) is 11.2. The molecule has 3 aliphatic carbocycles. The first-order valence-corrected chi connectivity index (χ1v) is 21.0. The van der Waals surface area contributed by atoms with Crippen molar-refractivity contribution in [3.63, 3.8) is 0 Å². The summed E-state index contributed by atoms with van der Waals surface area (Å²) in [7, 11) is 0. The van der Waals surface area contributed by atoms with Gasteiger partial charge in [0.25, 0.3) is 0 Å². The molecular weight excluding hydrogens is 663 g/mol. The van der Waals surface area contributed by atoms with E-state index < -0.39 is 0 Å². The highest BCUT2D eigenvalue weighted by Crippen LogP contribution is 2.52. The Labute approximate surface area is 323 Å². The van der Waals surface area contributed by atoms with E-state index >= 15 is 0 Å². The summed E-state index contributed by atoms with van der Waals surface area (Å²) in [5, 5.41) is 2.97. The van der Waals surface area contributed by atoms with E-state index in [1.54, 1.807) is 0 Å². The summed E-state index contributed by atoms with van der Waals surface area (Å²) in [5.41, 5.74) is 9.19. The minimum atomic E-state index is 0.0848. The monoisotopic (exact) mass is 721 g/mol. The van der Waals surface area contributed by atoms with Crippen LogP contribution in [0.1, 0.15) is 68.4 Å². The third-order valence-corrected chi connectivity index (χ3v) is 14.2. The topological polar surface area (TPSA) is 42.1 Å². The third kappa shape index (κ3) is 7.03. The van der Waals surface area contributed by atoms with E-state index in [1.807, 2.05) is 0 Å². The number of piperazine rings is 1. The van der Waals surface area contributed by atoms with Crippen LogP contribution in [0, 0.1) is 29.6 Å². The number of nitrogens with one attached hydrogen (secondary N) is 1.